The van der Waals surface area contributed by atoms with Crippen molar-refractivity contribution in [1.82, 2.24) is 15.5 Å². The van der Waals surface area contributed by atoms with Crippen molar-refractivity contribution in [2.45, 2.75) is 71.9 Å². The average molecular weight is 283 g/mol. The van der Waals surface area contributed by atoms with Gasteiger partial charge in [-0.2, -0.15) is 4.98 Å². The predicted molar refractivity (Wildman–Crippen MR) is 79.7 cm³/mol. The molecule has 0 aliphatic rings. The van der Waals surface area contributed by atoms with Gasteiger partial charge in [0.1, 0.15) is 5.60 Å². The maximum Gasteiger partial charge on any atom is 0.231 e. The highest BCUT2D eigenvalue weighted by atomic mass is 16.5. The molecule has 0 aliphatic heterocycles. The number of aromatic nitrogens is 2. The number of likely N-dealkylation sites (N-methyl/N-ethyl adjacent to an activating group) is 1. The van der Waals surface area contributed by atoms with Crippen LogP contribution >= 0.6 is 0 Å². The predicted octanol–water partition coefficient (Wildman–Crippen LogP) is 3.22. The summed E-state index contributed by atoms with van der Waals surface area (Å²) in [5.41, 5.74) is -0.462. The van der Waals surface area contributed by atoms with Crippen molar-refractivity contribution in [2.24, 2.45) is 0 Å². The molecule has 5 nitrogen and oxygen atoms in total. The fraction of sp³-hybridized carbons (Fsp3) is 0.867. The van der Waals surface area contributed by atoms with Crippen LogP contribution in [0.5, 0.6) is 0 Å². The summed E-state index contributed by atoms with van der Waals surface area (Å²) < 4.78 is 11.3. The Labute approximate surface area is 122 Å². The van der Waals surface area contributed by atoms with E-state index < -0.39 is 5.60 Å². The second-order valence-electron chi connectivity index (χ2n) is 5.33. The lowest BCUT2D eigenvalue weighted by atomic mass is 9.97. The fourth-order valence-electron chi connectivity index (χ4n) is 2.45. The first kappa shape index (κ1) is 17.1. The molecule has 1 heterocycles. The molecule has 5 heteroatoms. The van der Waals surface area contributed by atoms with Gasteiger partial charge < -0.3 is 14.6 Å². The van der Waals surface area contributed by atoms with E-state index in [0.717, 1.165) is 19.4 Å². The molecule has 0 fully saturated rings. The summed E-state index contributed by atoms with van der Waals surface area (Å²) in [6, 6.07) is 0.318. The van der Waals surface area contributed by atoms with Crippen molar-refractivity contribution < 1.29 is 9.26 Å². The number of hydrogen-bond acceptors (Lipinski definition) is 5. The van der Waals surface area contributed by atoms with Gasteiger partial charge >= 0.3 is 0 Å². The number of nitrogens with one attached hydrogen (secondary N) is 1. The smallest absolute Gasteiger partial charge is 0.231 e. The van der Waals surface area contributed by atoms with E-state index in [2.05, 4.69) is 43.2 Å². The molecular formula is C15H29N3O2. The summed E-state index contributed by atoms with van der Waals surface area (Å²) in [6.45, 7) is 14.0. The molecule has 116 valence electrons. The molecule has 0 aromatic carbocycles. The summed E-state index contributed by atoms with van der Waals surface area (Å²) in [7, 11) is 0. The molecular weight excluding hydrogens is 254 g/mol. The minimum Gasteiger partial charge on any atom is -0.367 e. The van der Waals surface area contributed by atoms with Crippen LogP contribution in [0.4, 0.5) is 0 Å². The van der Waals surface area contributed by atoms with E-state index in [1.54, 1.807) is 0 Å². The van der Waals surface area contributed by atoms with Crippen LogP contribution in [0.2, 0.25) is 0 Å². The quantitative estimate of drug-likeness (QED) is 0.754. The lowest BCUT2D eigenvalue weighted by Crippen LogP contribution is -2.32. The van der Waals surface area contributed by atoms with Crippen LogP contribution in [0.1, 0.15) is 72.0 Å². The zero-order chi connectivity index (χ0) is 15.2. The van der Waals surface area contributed by atoms with E-state index in [4.69, 9.17) is 9.26 Å². The van der Waals surface area contributed by atoms with Gasteiger partial charge in [-0.3, -0.25) is 0 Å². The van der Waals surface area contributed by atoms with Gasteiger partial charge in [0.2, 0.25) is 11.7 Å². The average Bonchev–Trinajstić information content (AvgIpc) is 2.90. The van der Waals surface area contributed by atoms with Gasteiger partial charge in [0.05, 0.1) is 5.92 Å². The first-order valence-corrected chi connectivity index (χ1v) is 7.73. The van der Waals surface area contributed by atoms with Crippen molar-refractivity contribution in [2.75, 3.05) is 13.2 Å². The molecule has 0 saturated carbocycles. The highest BCUT2D eigenvalue weighted by Gasteiger charge is 2.32. The van der Waals surface area contributed by atoms with Gasteiger partial charge in [0.15, 0.2) is 0 Å². The molecule has 0 bridgehead atoms. The van der Waals surface area contributed by atoms with E-state index in [-0.39, 0.29) is 5.92 Å². The highest BCUT2D eigenvalue weighted by molar-refractivity contribution is 5.04. The number of nitrogens with zero attached hydrogens (tertiary/aromatic N) is 2. The van der Waals surface area contributed by atoms with E-state index in [1.165, 1.54) is 0 Å². The molecule has 0 aliphatic carbocycles. The zero-order valence-electron chi connectivity index (χ0n) is 13.7. The Hall–Kier alpha value is -0.940. The SMILES string of the molecule is CCNC(C)C(CC)c1nc(C(C)(CC)OCC)no1. The van der Waals surface area contributed by atoms with Crippen LogP contribution < -0.4 is 5.32 Å². The van der Waals surface area contributed by atoms with Gasteiger partial charge in [0, 0.05) is 12.6 Å². The van der Waals surface area contributed by atoms with Crippen LogP contribution in [0.3, 0.4) is 0 Å². The van der Waals surface area contributed by atoms with Crippen molar-refractivity contribution in [3.63, 3.8) is 0 Å². The molecule has 3 unspecified atom stereocenters. The Bertz CT molecular complexity index is 394. The first-order valence-electron chi connectivity index (χ1n) is 7.73. The summed E-state index contributed by atoms with van der Waals surface area (Å²) in [5.74, 6) is 1.59. The third kappa shape index (κ3) is 3.79. The van der Waals surface area contributed by atoms with Gasteiger partial charge in [-0.25, -0.2) is 0 Å². The van der Waals surface area contributed by atoms with Crippen LogP contribution in [-0.2, 0) is 10.3 Å². The van der Waals surface area contributed by atoms with E-state index in [0.29, 0.717) is 24.4 Å². The minimum absolute atomic E-state index is 0.235. The zero-order valence-corrected chi connectivity index (χ0v) is 13.7. The lowest BCUT2D eigenvalue weighted by Gasteiger charge is -2.24. The molecule has 0 saturated heterocycles. The molecule has 1 rings (SSSR count). The Morgan fingerprint density at radius 1 is 1.30 bits per heavy atom. The topological polar surface area (TPSA) is 60.2 Å². The first-order chi connectivity index (χ1) is 9.52. The van der Waals surface area contributed by atoms with E-state index in [9.17, 15) is 0 Å². The molecule has 3 atom stereocenters. The Balaban J connectivity index is 2.94. The molecule has 1 aromatic heterocycles. The lowest BCUT2D eigenvalue weighted by molar-refractivity contribution is -0.0403. The summed E-state index contributed by atoms with van der Waals surface area (Å²) in [4.78, 5) is 4.60. The Morgan fingerprint density at radius 3 is 2.50 bits per heavy atom. The van der Waals surface area contributed by atoms with Crippen molar-refractivity contribution in [3.8, 4) is 0 Å². The van der Waals surface area contributed by atoms with Crippen molar-refractivity contribution >= 4 is 0 Å². The number of ether oxygens (including phenoxy) is 1. The molecule has 20 heavy (non-hydrogen) atoms. The largest absolute Gasteiger partial charge is 0.367 e. The summed E-state index contributed by atoms with van der Waals surface area (Å²) in [5, 5.41) is 7.57. The summed E-state index contributed by atoms with van der Waals surface area (Å²) >= 11 is 0. The normalized spacial score (nSPS) is 17.7. The second-order valence-corrected chi connectivity index (χ2v) is 5.33. The van der Waals surface area contributed by atoms with Gasteiger partial charge in [-0.1, -0.05) is 25.9 Å². The Morgan fingerprint density at radius 2 is 2.00 bits per heavy atom. The minimum atomic E-state index is -0.462. The molecule has 0 amide bonds. The molecule has 0 spiro atoms. The Kier molecular flexibility index (Phi) is 6.62. The van der Waals surface area contributed by atoms with Crippen LogP contribution in [0.15, 0.2) is 4.52 Å². The standard InChI is InChI=1S/C15H29N3O2/c1-7-12(11(5)16-9-3)13-17-14(18-20-13)15(6,8-2)19-10-4/h11-12,16H,7-10H2,1-6H3. The van der Waals surface area contributed by atoms with Crippen LogP contribution in [-0.4, -0.2) is 29.3 Å². The summed E-state index contributed by atoms with van der Waals surface area (Å²) in [6.07, 6.45) is 1.78. The van der Waals surface area contributed by atoms with Crippen LogP contribution in [0, 0.1) is 0 Å². The van der Waals surface area contributed by atoms with E-state index >= 15 is 0 Å². The maximum absolute atomic E-state index is 5.80. The number of rotatable bonds is 9. The van der Waals surface area contributed by atoms with E-state index in [1.807, 2.05) is 13.8 Å². The third-order valence-corrected chi connectivity index (χ3v) is 3.94. The van der Waals surface area contributed by atoms with Crippen molar-refractivity contribution in [3.05, 3.63) is 11.7 Å². The third-order valence-electron chi connectivity index (χ3n) is 3.94. The fourth-order valence-corrected chi connectivity index (χ4v) is 2.45. The van der Waals surface area contributed by atoms with Crippen LogP contribution in [0.25, 0.3) is 0 Å². The molecule has 1 aromatic rings. The molecule has 0 radical (unpaired) electrons. The number of hydrogen-bond donors (Lipinski definition) is 1. The monoisotopic (exact) mass is 283 g/mol. The maximum atomic E-state index is 5.80. The highest BCUT2D eigenvalue weighted by Crippen LogP contribution is 2.29. The van der Waals surface area contributed by atoms with Gasteiger partial charge in [-0.15, -0.1) is 0 Å². The van der Waals surface area contributed by atoms with Crippen molar-refractivity contribution in [1.29, 1.82) is 0 Å². The molecule has 1 N–H and O–H groups in total. The van der Waals surface area contributed by atoms with Gasteiger partial charge in [-0.05, 0) is 40.2 Å². The van der Waals surface area contributed by atoms with Gasteiger partial charge in [0.25, 0.3) is 0 Å². The second kappa shape index (κ2) is 7.74.